The Labute approximate surface area is 173 Å². The minimum atomic E-state index is -0.456. The van der Waals surface area contributed by atoms with Crippen molar-refractivity contribution < 1.29 is 9.90 Å². The van der Waals surface area contributed by atoms with E-state index in [-0.39, 0.29) is 11.9 Å². The predicted molar refractivity (Wildman–Crippen MR) is 119 cm³/mol. The molecule has 3 nitrogen and oxygen atoms in total. The molecule has 2 rings (SSSR count). The number of aliphatic hydroxyl groups excluding tert-OH is 1. The lowest BCUT2D eigenvalue weighted by atomic mass is 9.87. The van der Waals surface area contributed by atoms with Gasteiger partial charge in [0.05, 0.1) is 6.10 Å². The van der Waals surface area contributed by atoms with Crippen LogP contribution in [0.4, 0.5) is 0 Å². The molecule has 0 heterocycles. The van der Waals surface area contributed by atoms with E-state index in [4.69, 9.17) is 0 Å². The van der Waals surface area contributed by atoms with Crippen LogP contribution in [0.15, 0.2) is 65.6 Å². The molecule has 4 heteroatoms. The fourth-order valence-corrected chi connectivity index (χ4v) is 4.44. The molecule has 2 atom stereocenters. The number of aliphatic hydroxyl groups is 1. The molecule has 0 aromatic heterocycles. The first-order valence-corrected chi connectivity index (χ1v) is 11.3. The summed E-state index contributed by atoms with van der Waals surface area (Å²) < 4.78 is 0. The van der Waals surface area contributed by atoms with E-state index < -0.39 is 6.10 Å². The Morgan fingerprint density at radius 3 is 2.11 bits per heavy atom. The molecule has 2 N–H and O–H groups in total. The zero-order valence-electron chi connectivity index (χ0n) is 17.0. The lowest BCUT2D eigenvalue weighted by Crippen LogP contribution is -2.43. The predicted octanol–water partition coefficient (Wildman–Crippen LogP) is 5.54. The molecule has 28 heavy (non-hydrogen) atoms. The maximum atomic E-state index is 12.7. The van der Waals surface area contributed by atoms with Gasteiger partial charge in [-0.1, -0.05) is 63.1 Å². The van der Waals surface area contributed by atoms with Gasteiger partial charge in [-0.15, -0.1) is 11.8 Å². The van der Waals surface area contributed by atoms with E-state index in [2.05, 4.69) is 31.3 Å². The fraction of sp³-hybridized carbons (Fsp3) is 0.458. The second-order valence-electron chi connectivity index (χ2n) is 7.30. The van der Waals surface area contributed by atoms with Crippen LogP contribution in [-0.4, -0.2) is 28.9 Å². The Balaban J connectivity index is 2.02. The number of thioether (sulfide) groups is 1. The lowest BCUT2D eigenvalue weighted by Gasteiger charge is -2.29. The molecule has 0 saturated carbocycles. The Kier molecular flexibility index (Phi) is 10.2. The van der Waals surface area contributed by atoms with Crippen LogP contribution >= 0.6 is 11.8 Å². The van der Waals surface area contributed by atoms with Gasteiger partial charge in [-0.2, -0.15) is 0 Å². The monoisotopic (exact) mass is 399 g/mol. The van der Waals surface area contributed by atoms with Gasteiger partial charge in [-0.3, -0.25) is 4.79 Å². The molecule has 0 bridgehead atoms. The highest BCUT2D eigenvalue weighted by molar-refractivity contribution is 7.99. The minimum Gasteiger partial charge on any atom is -0.392 e. The molecule has 0 saturated heterocycles. The average Bonchev–Trinajstić information content (AvgIpc) is 2.73. The van der Waals surface area contributed by atoms with Crippen LogP contribution in [0.3, 0.4) is 0 Å². The maximum absolute atomic E-state index is 12.7. The normalized spacial score (nSPS) is 13.3. The lowest BCUT2D eigenvalue weighted by molar-refractivity contribution is 0.0882. The summed E-state index contributed by atoms with van der Waals surface area (Å²) in [5.74, 6) is 0.969. The zero-order valence-corrected chi connectivity index (χ0v) is 17.8. The molecular formula is C24H33NO2S. The van der Waals surface area contributed by atoms with E-state index >= 15 is 0 Å². The summed E-state index contributed by atoms with van der Waals surface area (Å²) in [6, 6.07) is 19.5. The van der Waals surface area contributed by atoms with Crippen molar-refractivity contribution in [3.63, 3.8) is 0 Å². The second-order valence-corrected chi connectivity index (χ2v) is 8.39. The molecule has 2 aromatic rings. The summed E-state index contributed by atoms with van der Waals surface area (Å²) in [5.41, 5.74) is 0.674. The summed E-state index contributed by atoms with van der Waals surface area (Å²) >= 11 is 1.66. The summed E-state index contributed by atoms with van der Waals surface area (Å²) in [4.78, 5) is 13.9. The molecular weight excluding hydrogens is 366 g/mol. The van der Waals surface area contributed by atoms with E-state index in [9.17, 15) is 9.90 Å². The van der Waals surface area contributed by atoms with Gasteiger partial charge in [0, 0.05) is 22.3 Å². The third-order valence-electron chi connectivity index (χ3n) is 4.95. The SMILES string of the molecule is CCCC(CCC)C(CC(O)CSc1ccccc1)NC(=O)c1ccccc1. The Bertz CT molecular complexity index is 672. The largest absolute Gasteiger partial charge is 0.392 e. The molecule has 1 amide bonds. The quantitative estimate of drug-likeness (QED) is 0.460. The van der Waals surface area contributed by atoms with Crippen molar-refractivity contribution in [3.8, 4) is 0 Å². The second kappa shape index (κ2) is 12.6. The van der Waals surface area contributed by atoms with Crippen LogP contribution in [0.25, 0.3) is 0 Å². The Hall–Kier alpha value is -1.78. The van der Waals surface area contributed by atoms with E-state index in [0.29, 0.717) is 23.7 Å². The van der Waals surface area contributed by atoms with Gasteiger partial charge in [0.15, 0.2) is 0 Å². The first-order chi connectivity index (χ1) is 13.6. The topological polar surface area (TPSA) is 49.3 Å². The van der Waals surface area contributed by atoms with E-state index in [0.717, 1.165) is 30.6 Å². The molecule has 0 radical (unpaired) electrons. The van der Waals surface area contributed by atoms with Gasteiger partial charge in [0.25, 0.3) is 5.91 Å². The Morgan fingerprint density at radius 2 is 1.54 bits per heavy atom. The fourth-order valence-electron chi connectivity index (χ4n) is 3.57. The van der Waals surface area contributed by atoms with Gasteiger partial charge in [-0.05, 0) is 49.4 Å². The van der Waals surface area contributed by atoms with Crippen molar-refractivity contribution in [1.29, 1.82) is 0 Å². The van der Waals surface area contributed by atoms with Crippen LogP contribution in [-0.2, 0) is 0 Å². The van der Waals surface area contributed by atoms with Crippen molar-refractivity contribution in [2.24, 2.45) is 5.92 Å². The molecule has 152 valence electrons. The van der Waals surface area contributed by atoms with Crippen LogP contribution < -0.4 is 5.32 Å². The summed E-state index contributed by atoms with van der Waals surface area (Å²) in [6.45, 7) is 4.36. The Morgan fingerprint density at radius 1 is 0.964 bits per heavy atom. The number of carbonyl (C=O) groups is 1. The van der Waals surface area contributed by atoms with Crippen molar-refractivity contribution in [1.82, 2.24) is 5.32 Å². The van der Waals surface area contributed by atoms with E-state index in [1.165, 1.54) is 0 Å². The summed E-state index contributed by atoms with van der Waals surface area (Å²) in [5, 5.41) is 13.9. The highest BCUT2D eigenvalue weighted by atomic mass is 32.2. The first kappa shape index (κ1) is 22.5. The number of nitrogens with one attached hydrogen (secondary N) is 1. The molecule has 2 aromatic carbocycles. The number of amides is 1. The van der Waals surface area contributed by atoms with Gasteiger partial charge in [0.1, 0.15) is 0 Å². The van der Waals surface area contributed by atoms with Crippen molar-refractivity contribution in [3.05, 3.63) is 66.2 Å². The summed E-state index contributed by atoms with van der Waals surface area (Å²) in [6.07, 6.45) is 4.41. The molecule has 0 aliphatic heterocycles. The molecule has 0 aliphatic rings. The number of hydrogen-bond donors (Lipinski definition) is 2. The smallest absolute Gasteiger partial charge is 0.251 e. The molecule has 0 aliphatic carbocycles. The number of hydrogen-bond acceptors (Lipinski definition) is 3. The van der Waals surface area contributed by atoms with Crippen molar-refractivity contribution >= 4 is 17.7 Å². The van der Waals surface area contributed by atoms with Gasteiger partial charge in [0.2, 0.25) is 0 Å². The summed E-state index contributed by atoms with van der Waals surface area (Å²) in [7, 11) is 0. The average molecular weight is 400 g/mol. The van der Waals surface area contributed by atoms with Crippen LogP contribution in [0, 0.1) is 5.92 Å². The molecule has 0 spiro atoms. The third kappa shape index (κ3) is 7.69. The van der Waals surface area contributed by atoms with Gasteiger partial charge < -0.3 is 10.4 Å². The third-order valence-corrected chi connectivity index (χ3v) is 6.11. The van der Waals surface area contributed by atoms with Gasteiger partial charge in [-0.25, -0.2) is 0 Å². The van der Waals surface area contributed by atoms with Crippen LogP contribution in [0.1, 0.15) is 56.3 Å². The standard InChI is InChI=1S/C24H33NO2S/c1-3-11-19(12-4-2)23(25-24(27)20-13-7-5-8-14-20)17-21(26)18-28-22-15-9-6-10-16-22/h5-10,13-16,19,21,23,26H,3-4,11-12,17-18H2,1-2H3,(H,25,27). The first-order valence-electron chi connectivity index (χ1n) is 10.4. The highest BCUT2D eigenvalue weighted by Crippen LogP contribution is 2.24. The van der Waals surface area contributed by atoms with E-state index in [1.54, 1.807) is 11.8 Å². The van der Waals surface area contributed by atoms with Crippen molar-refractivity contribution in [2.45, 2.75) is 63.0 Å². The van der Waals surface area contributed by atoms with Crippen LogP contribution in [0.2, 0.25) is 0 Å². The number of carbonyl (C=O) groups excluding carboxylic acids is 1. The number of rotatable bonds is 12. The maximum Gasteiger partial charge on any atom is 0.251 e. The molecule has 2 unspecified atom stereocenters. The van der Waals surface area contributed by atoms with Crippen LogP contribution in [0.5, 0.6) is 0 Å². The van der Waals surface area contributed by atoms with Crippen molar-refractivity contribution in [2.75, 3.05) is 5.75 Å². The van der Waals surface area contributed by atoms with Gasteiger partial charge >= 0.3 is 0 Å². The minimum absolute atomic E-state index is 0.0148. The zero-order chi connectivity index (χ0) is 20.2. The molecule has 0 fully saturated rings. The highest BCUT2D eigenvalue weighted by Gasteiger charge is 2.25. The number of benzene rings is 2. The van der Waals surface area contributed by atoms with E-state index in [1.807, 2.05) is 48.5 Å².